The third-order valence-electron chi connectivity index (χ3n) is 6.36. The van der Waals surface area contributed by atoms with Crippen molar-refractivity contribution in [2.24, 2.45) is 0 Å². The monoisotopic (exact) mass is 449 g/mol. The number of H-pyrrole nitrogens is 1. The highest BCUT2D eigenvalue weighted by Crippen LogP contribution is 2.33. The number of likely N-dealkylation sites (N-methyl/N-ethyl adjacent to an activating group) is 1. The van der Waals surface area contributed by atoms with Gasteiger partial charge in [-0.25, -0.2) is 15.0 Å². The first-order chi connectivity index (χ1) is 15.7. The van der Waals surface area contributed by atoms with Crippen LogP contribution in [-0.2, 0) is 11.3 Å². The molecule has 5 heterocycles. The van der Waals surface area contributed by atoms with Crippen LogP contribution in [0.25, 0.3) is 32.6 Å². The maximum atomic E-state index is 5.59. The minimum atomic E-state index is 0.725. The van der Waals surface area contributed by atoms with E-state index in [9.17, 15) is 0 Å². The SMILES string of the molecule is CN1CCN(Cc2nc3nc(-c4ccc5[nH]ccc5c4)nc(N4CCOCC4)c3s2)CC1. The Bertz CT molecular complexity index is 1240. The third kappa shape index (κ3) is 3.86. The van der Waals surface area contributed by atoms with Crippen molar-refractivity contribution in [3.8, 4) is 11.4 Å². The first-order valence-electron chi connectivity index (χ1n) is 11.2. The number of fused-ring (bicyclic) bond motifs is 2. The number of morpholine rings is 1. The Morgan fingerprint density at radius 2 is 1.84 bits per heavy atom. The van der Waals surface area contributed by atoms with E-state index in [0.29, 0.717) is 0 Å². The zero-order chi connectivity index (χ0) is 21.5. The standard InChI is InChI=1S/C23H27N7OS/c1-28-6-8-29(9-7-28)15-19-25-22-20(32-19)23(30-10-12-31-13-11-30)27-21(26-22)17-2-3-18-16(14-17)4-5-24-18/h2-5,14,24H,6-13,15H2,1H3. The number of nitrogens with one attached hydrogen (secondary N) is 1. The third-order valence-corrected chi connectivity index (χ3v) is 7.38. The van der Waals surface area contributed by atoms with Crippen LogP contribution in [0.4, 0.5) is 5.82 Å². The van der Waals surface area contributed by atoms with Gasteiger partial charge in [0.1, 0.15) is 9.71 Å². The molecule has 0 spiro atoms. The average molecular weight is 450 g/mol. The quantitative estimate of drug-likeness (QED) is 0.514. The molecule has 32 heavy (non-hydrogen) atoms. The van der Waals surface area contributed by atoms with Gasteiger partial charge >= 0.3 is 0 Å². The normalized spacial score (nSPS) is 18.7. The number of aromatic amines is 1. The van der Waals surface area contributed by atoms with E-state index in [0.717, 1.165) is 102 Å². The Labute approximate surface area is 190 Å². The van der Waals surface area contributed by atoms with Crippen molar-refractivity contribution in [2.45, 2.75) is 6.54 Å². The Morgan fingerprint density at radius 3 is 2.69 bits per heavy atom. The summed E-state index contributed by atoms with van der Waals surface area (Å²) in [7, 11) is 2.19. The largest absolute Gasteiger partial charge is 0.378 e. The molecule has 166 valence electrons. The molecule has 6 rings (SSSR count). The molecule has 1 aromatic carbocycles. The van der Waals surface area contributed by atoms with Crippen molar-refractivity contribution in [1.29, 1.82) is 0 Å². The van der Waals surface area contributed by atoms with E-state index < -0.39 is 0 Å². The molecule has 2 fully saturated rings. The van der Waals surface area contributed by atoms with Crippen molar-refractivity contribution in [2.75, 3.05) is 64.4 Å². The number of rotatable bonds is 4. The Kier molecular flexibility index (Phi) is 5.26. The van der Waals surface area contributed by atoms with E-state index in [2.05, 4.69) is 51.0 Å². The Balaban J connectivity index is 1.40. The molecule has 2 aliphatic rings. The number of piperazine rings is 1. The van der Waals surface area contributed by atoms with Gasteiger partial charge in [0.25, 0.3) is 0 Å². The molecule has 2 aliphatic heterocycles. The summed E-state index contributed by atoms with van der Waals surface area (Å²) in [6.45, 7) is 8.38. The van der Waals surface area contributed by atoms with Gasteiger partial charge in [0, 0.05) is 61.9 Å². The molecule has 9 heteroatoms. The highest BCUT2D eigenvalue weighted by atomic mass is 32.1. The van der Waals surface area contributed by atoms with E-state index in [1.807, 2.05) is 6.20 Å². The van der Waals surface area contributed by atoms with Gasteiger partial charge < -0.3 is 19.5 Å². The summed E-state index contributed by atoms with van der Waals surface area (Å²) >= 11 is 1.74. The van der Waals surface area contributed by atoms with E-state index in [-0.39, 0.29) is 0 Å². The van der Waals surface area contributed by atoms with E-state index in [4.69, 9.17) is 19.7 Å². The van der Waals surface area contributed by atoms with Crippen LogP contribution in [0.2, 0.25) is 0 Å². The predicted molar refractivity (Wildman–Crippen MR) is 128 cm³/mol. The molecule has 0 bridgehead atoms. The molecule has 0 unspecified atom stereocenters. The topological polar surface area (TPSA) is 73.4 Å². The number of ether oxygens (including phenoxy) is 1. The molecular formula is C23H27N7OS. The van der Waals surface area contributed by atoms with Gasteiger partial charge in [0.15, 0.2) is 17.3 Å². The first-order valence-corrected chi connectivity index (χ1v) is 12.0. The maximum absolute atomic E-state index is 5.59. The van der Waals surface area contributed by atoms with Crippen molar-refractivity contribution in [1.82, 2.24) is 29.7 Å². The lowest BCUT2D eigenvalue weighted by Crippen LogP contribution is -2.43. The van der Waals surface area contributed by atoms with Crippen LogP contribution < -0.4 is 4.90 Å². The minimum Gasteiger partial charge on any atom is -0.378 e. The predicted octanol–water partition coefficient (Wildman–Crippen LogP) is 2.82. The summed E-state index contributed by atoms with van der Waals surface area (Å²) in [5.41, 5.74) is 2.94. The lowest BCUT2D eigenvalue weighted by molar-refractivity contribution is 0.122. The summed E-state index contributed by atoms with van der Waals surface area (Å²) in [6.07, 6.45) is 1.96. The summed E-state index contributed by atoms with van der Waals surface area (Å²) in [5, 5.41) is 2.28. The van der Waals surface area contributed by atoms with E-state index in [1.54, 1.807) is 11.3 Å². The second-order valence-corrected chi connectivity index (χ2v) is 9.67. The number of thiazole rings is 1. The van der Waals surface area contributed by atoms with Gasteiger partial charge in [-0.1, -0.05) is 0 Å². The zero-order valence-corrected chi connectivity index (χ0v) is 19.1. The van der Waals surface area contributed by atoms with Crippen LogP contribution in [0.15, 0.2) is 30.5 Å². The highest BCUT2D eigenvalue weighted by Gasteiger charge is 2.22. The lowest BCUT2D eigenvalue weighted by Gasteiger charge is -2.31. The van der Waals surface area contributed by atoms with E-state index >= 15 is 0 Å². The van der Waals surface area contributed by atoms with E-state index in [1.165, 1.54) is 0 Å². The van der Waals surface area contributed by atoms with Crippen LogP contribution in [-0.4, -0.2) is 89.3 Å². The summed E-state index contributed by atoms with van der Waals surface area (Å²) in [4.78, 5) is 25.4. The summed E-state index contributed by atoms with van der Waals surface area (Å²) < 4.78 is 6.68. The summed E-state index contributed by atoms with van der Waals surface area (Å²) in [6, 6.07) is 8.40. The van der Waals surface area contributed by atoms with Crippen LogP contribution >= 0.6 is 11.3 Å². The second kappa shape index (κ2) is 8.40. The fourth-order valence-electron chi connectivity index (χ4n) is 4.43. The number of nitrogens with zero attached hydrogens (tertiary/aromatic N) is 6. The molecule has 0 amide bonds. The number of hydrogen-bond acceptors (Lipinski definition) is 8. The summed E-state index contributed by atoms with van der Waals surface area (Å²) in [5.74, 6) is 1.73. The van der Waals surface area contributed by atoms with Crippen LogP contribution in [0, 0.1) is 0 Å². The van der Waals surface area contributed by atoms with Gasteiger partial charge in [-0.05, 0) is 31.3 Å². The molecule has 8 nitrogen and oxygen atoms in total. The van der Waals surface area contributed by atoms with Crippen molar-refractivity contribution >= 4 is 38.4 Å². The Morgan fingerprint density at radius 1 is 1.00 bits per heavy atom. The molecule has 3 aromatic heterocycles. The maximum Gasteiger partial charge on any atom is 0.176 e. The fraction of sp³-hybridized carbons (Fsp3) is 0.435. The number of benzene rings is 1. The molecule has 2 saturated heterocycles. The molecule has 0 aliphatic carbocycles. The van der Waals surface area contributed by atoms with Crippen LogP contribution in [0.3, 0.4) is 0 Å². The molecule has 4 aromatic rings. The molecule has 1 N–H and O–H groups in total. The van der Waals surface area contributed by atoms with Gasteiger partial charge in [0.2, 0.25) is 0 Å². The van der Waals surface area contributed by atoms with Crippen LogP contribution in [0.5, 0.6) is 0 Å². The van der Waals surface area contributed by atoms with Crippen molar-refractivity contribution in [3.63, 3.8) is 0 Å². The van der Waals surface area contributed by atoms with Gasteiger partial charge in [-0.3, -0.25) is 4.90 Å². The van der Waals surface area contributed by atoms with Crippen molar-refractivity contribution in [3.05, 3.63) is 35.5 Å². The first kappa shape index (κ1) is 20.0. The second-order valence-electron chi connectivity index (χ2n) is 8.59. The van der Waals surface area contributed by atoms with Gasteiger partial charge in [-0.2, -0.15) is 0 Å². The number of anilines is 1. The average Bonchev–Trinajstić information content (AvgIpc) is 3.46. The van der Waals surface area contributed by atoms with Gasteiger partial charge in [0.05, 0.1) is 19.8 Å². The molecule has 0 saturated carbocycles. The zero-order valence-electron chi connectivity index (χ0n) is 18.3. The minimum absolute atomic E-state index is 0.725. The van der Waals surface area contributed by atoms with Gasteiger partial charge in [-0.15, -0.1) is 11.3 Å². The fourth-order valence-corrected chi connectivity index (χ4v) is 5.49. The lowest BCUT2D eigenvalue weighted by atomic mass is 10.1. The number of hydrogen-bond donors (Lipinski definition) is 1. The molecular weight excluding hydrogens is 422 g/mol. The Hall–Kier alpha value is -2.59. The molecule has 0 radical (unpaired) electrons. The number of aromatic nitrogens is 4. The smallest absolute Gasteiger partial charge is 0.176 e. The van der Waals surface area contributed by atoms with Crippen LogP contribution in [0.1, 0.15) is 5.01 Å². The highest BCUT2D eigenvalue weighted by molar-refractivity contribution is 7.19. The molecule has 0 atom stereocenters. The van der Waals surface area contributed by atoms with Crippen molar-refractivity contribution < 1.29 is 4.74 Å².